The summed E-state index contributed by atoms with van der Waals surface area (Å²) in [6, 6.07) is 18.6. The number of anilines is 3. The first-order chi connectivity index (χ1) is 67.6. The molecule has 3 aliphatic rings. The van der Waals surface area contributed by atoms with Gasteiger partial charge >= 0.3 is 47.9 Å². The largest absolute Gasteiger partial charge is 0.480 e. The Bertz CT molecular complexity index is 4570. The second-order valence-electron chi connectivity index (χ2n) is 35.8. The first-order valence-corrected chi connectivity index (χ1v) is 52.7. The average Bonchev–Trinajstić information content (AvgIpc) is 1.69. The lowest BCUT2D eigenvalue weighted by atomic mass is 9.85. The Hall–Kier alpha value is -10.2. The molecule has 0 aliphatic carbocycles. The molecule has 3 aromatic rings. The fourth-order valence-electron chi connectivity index (χ4n) is 15.9. The van der Waals surface area contributed by atoms with E-state index in [4.69, 9.17) is 29.8 Å². The molecule has 0 bridgehead atoms. The van der Waals surface area contributed by atoms with E-state index in [1.807, 2.05) is 81.2 Å². The van der Waals surface area contributed by atoms with Crippen LogP contribution in [0.15, 0.2) is 72.8 Å². The number of hydrogen-bond acceptors (Lipinski definition) is 30. The predicted octanol–water partition coefficient (Wildman–Crippen LogP) is 5.35. The second kappa shape index (κ2) is 67.4. The number of carbonyl (C=O) groups is 16. The van der Waals surface area contributed by atoms with Crippen LogP contribution in [0.4, 0.5) is 26.7 Å². The Kier molecular flexibility index (Phi) is 58.0. The summed E-state index contributed by atoms with van der Waals surface area (Å²) in [5, 5.41) is 89.8. The molecule has 0 radical (unpaired) electrons. The summed E-state index contributed by atoms with van der Waals surface area (Å²) in [7, 11) is 0. The standard InChI is InChI=1S/C49H73N9O10S3.C47H74N10O12S2/c1-5-34(2)41(48(67)50-17-6-7-40(70)27-36-8-12-38(13-9-36)52-35(3)69)28-43(59)42(16-26-71-4)54-49(68)53-39-14-10-37(11-15-39)29-51-44(60)30-55-18-20-56(31-45(61)62)22-24-58(33-47(65)66)25-23-57(21-19-55)32-46(63)64;1-5-32(2)36(45(67)49-13-14-57-41(60)26-39(46(57)68)71-23-6-7-33(3)48)25-38(58)37(12-24-70-4)52-47(69)51-35-10-8-34(9-11-35)27-50-40(59)28-53-15-17-54(29-42(61)62)19-21-56(31-44(65)66)22-20-55(18-16-53)30-43(63)64/h8-15,34,41-42H,5-7,16-33H2,1-4H3,(H,50,67)(H,51,60)(H,52,69)(H,61,62)(H,63,64)(H,65,66)(H2,53,54,68);8-11,32,36-37,39,48H,5-7,12-31H2,1-4H3,(H,49,67)(H,50,59)(H,61,62)(H,63,64)(H,65,66)(H2,51,52,69)/t34-,41-,42-;32-,36-,37-,39?/m00/s1. The van der Waals surface area contributed by atoms with Crippen LogP contribution in [-0.4, -0.2) is 409 Å². The molecule has 0 saturated carbocycles. The summed E-state index contributed by atoms with van der Waals surface area (Å²) in [4.78, 5) is 219. The molecule has 7 atom stereocenters. The average molecular weight is 2080 g/mol. The predicted molar refractivity (Wildman–Crippen MR) is 557 cm³/mol. The van der Waals surface area contributed by atoms with Crippen LogP contribution in [0.25, 0.3) is 0 Å². The number of likely N-dealkylation sites (tertiary alicyclic amines) is 1. The Labute approximate surface area is 855 Å². The molecule has 0 aromatic heterocycles. The molecule has 46 heteroatoms. The number of imide groups is 1. The Morgan fingerprint density at radius 3 is 1.07 bits per heavy atom. The number of hydrogen-bond donors (Lipinski definition) is 16. The molecular formula is C96H147N19O22S5. The number of carbonyl (C=O) groups excluding carboxylic acids is 10. The van der Waals surface area contributed by atoms with Gasteiger partial charge in [0, 0.05) is 198 Å². The number of thiocarbonyl (C=S) groups is 2. The minimum Gasteiger partial charge on any atom is -0.480 e. The van der Waals surface area contributed by atoms with E-state index in [1.165, 1.54) is 28.4 Å². The van der Waals surface area contributed by atoms with Gasteiger partial charge in [-0.1, -0.05) is 101 Å². The molecule has 3 aliphatic heterocycles. The van der Waals surface area contributed by atoms with Crippen LogP contribution in [0.5, 0.6) is 0 Å². The topological polar surface area (TPSA) is 556 Å². The van der Waals surface area contributed by atoms with E-state index in [9.17, 15) is 107 Å². The molecule has 788 valence electrons. The van der Waals surface area contributed by atoms with Crippen LogP contribution in [0.2, 0.25) is 0 Å². The number of urea groups is 2. The summed E-state index contributed by atoms with van der Waals surface area (Å²) in [5.74, 6) is -8.28. The number of benzene rings is 3. The first-order valence-electron chi connectivity index (χ1n) is 48.0. The number of carboxylic acids is 6. The van der Waals surface area contributed by atoms with E-state index in [0.717, 1.165) is 33.7 Å². The molecule has 41 nitrogen and oxygen atoms in total. The van der Waals surface area contributed by atoms with Gasteiger partial charge in [-0.15, -0.1) is 11.8 Å². The van der Waals surface area contributed by atoms with Crippen LogP contribution >= 0.6 is 59.7 Å². The third-order valence-electron chi connectivity index (χ3n) is 24.4. The number of nitrogens with one attached hydrogen (secondary N) is 10. The van der Waals surface area contributed by atoms with E-state index in [0.29, 0.717) is 123 Å². The van der Waals surface area contributed by atoms with Gasteiger partial charge in [-0.25, -0.2) is 9.59 Å². The lowest BCUT2D eigenvalue weighted by molar-refractivity contribution is -0.140. The smallest absolute Gasteiger partial charge is 0.319 e. The SMILES string of the molecule is CC[C@H](C)[C@H](CC(=O)[C@H](CCSC)NC(=O)Nc1ccc(CNC(=O)CN2CCN(CC(=O)O)CCN(CC(=O)O)CCN(CC(=O)O)CC2)cc1)C(=O)NCCCC(=S)Cc1ccc(NC(C)=S)cc1.CC[C@H](C)[C@H](CC(=O)[C@H](CCSC)NC(=O)Nc1ccc(CNC(=O)CN2CCN(CC(=O)O)CCN(CC(=O)O)CCN(CC(=O)O)CC2)cc1)C(=O)NCCN1C(=O)CC(SCCCC(C)=N)C1=O. The van der Waals surface area contributed by atoms with Crippen LogP contribution in [0.1, 0.15) is 129 Å². The van der Waals surface area contributed by atoms with Crippen LogP contribution in [-0.2, 0) is 86.6 Å². The quantitative estimate of drug-likeness (QED) is 0.0146. The summed E-state index contributed by atoms with van der Waals surface area (Å²) >= 11 is 15.2. The zero-order valence-electron chi connectivity index (χ0n) is 82.9. The minimum absolute atomic E-state index is 0.0183. The van der Waals surface area contributed by atoms with Gasteiger partial charge in [-0.2, -0.15) is 23.5 Å². The van der Waals surface area contributed by atoms with Crippen molar-refractivity contribution < 1.29 is 107 Å². The van der Waals surface area contributed by atoms with Crippen LogP contribution in [0, 0.1) is 29.1 Å². The third kappa shape index (κ3) is 50.8. The fourth-order valence-corrected chi connectivity index (χ4v) is 18.4. The molecule has 6 rings (SSSR count). The molecule has 3 fully saturated rings. The highest BCUT2D eigenvalue weighted by atomic mass is 32.2. The highest BCUT2D eigenvalue weighted by molar-refractivity contribution is 8.00. The number of thioether (sulfide) groups is 3. The third-order valence-corrected chi connectivity index (χ3v) is 27.4. The fraction of sp³-hybridized carbons (Fsp3) is 0.615. The number of ketones is 2. The van der Waals surface area contributed by atoms with Gasteiger partial charge in [0.05, 0.1) is 74.7 Å². The molecule has 1 unspecified atom stereocenters. The van der Waals surface area contributed by atoms with Gasteiger partial charge in [0.2, 0.25) is 35.4 Å². The highest BCUT2D eigenvalue weighted by Crippen LogP contribution is 2.28. The van der Waals surface area contributed by atoms with Crippen LogP contribution < -0.4 is 47.9 Å². The van der Waals surface area contributed by atoms with Gasteiger partial charge in [-0.05, 0) is 152 Å². The Morgan fingerprint density at radius 1 is 0.430 bits per heavy atom. The van der Waals surface area contributed by atoms with E-state index in [1.54, 1.807) is 96.6 Å². The number of Topliss-reactive ketones (excluding diaryl/α,β-unsaturated/α-hetero) is 2. The molecule has 3 aromatic carbocycles. The van der Waals surface area contributed by atoms with Crippen molar-refractivity contribution in [3.8, 4) is 0 Å². The lowest BCUT2D eigenvalue weighted by Gasteiger charge is -2.32. The maximum Gasteiger partial charge on any atom is 0.319 e. The zero-order valence-corrected chi connectivity index (χ0v) is 86.9. The molecule has 0 spiro atoms. The lowest BCUT2D eigenvalue weighted by Crippen LogP contribution is -2.49. The second-order valence-corrected chi connectivity index (χ2v) is 40.3. The Morgan fingerprint density at radius 2 is 0.754 bits per heavy atom. The van der Waals surface area contributed by atoms with Crippen LogP contribution in [0.3, 0.4) is 0 Å². The molecule has 10 amide bonds. The molecule has 142 heavy (non-hydrogen) atoms. The molecule has 3 heterocycles. The number of nitrogens with zero attached hydrogens (tertiary/aromatic N) is 9. The van der Waals surface area contributed by atoms with E-state index in [-0.39, 0.29) is 235 Å². The van der Waals surface area contributed by atoms with Gasteiger partial charge < -0.3 is 83.9 Å². The monoisotopic (exact) mass is 2080 g/mol. The summed E-state index contributed by atoms with van der Waals surface area (Å²) < 4.78 is 0. The van der Waals surface area contributed by atoms with Crippen molar-refractivity contribution in [3.05, 3.63) is 89.5 Å². The van der Waals surface area contributed by atoms with Crippen molar-refractivity contribution in [2.75, 3.05) is 222 Å². The van der Waals surface area contributed by atoms with E-state index >= 15 is 0 Å². The Balaban J connectivity index is 0.000000500. The molecule has 16 N–H and O–H groups in total. The summed E-state index contributed by atoms with van der Waals surface area (Å²) in [6.07, 6.45) is 9.11. The normalized spacial score (nSPS) is 16.9. The summed E-state index contributed by atoms with van der Waals surface area (Å²) in [5.41, 5.74) is 4.92. The van der Waals surface area contributed by atoms with E-state index < -0.39 is 77.0 Å². The molecule has 3 saturated heterocycles. The number of amides is 10. The van der Waals surface area contributed by atoms with Gasteiger partial charge in [0.15, 0.2) is 11.6 Å². The van der Waals surface area contributed by atoms with Crippen molar-refractivity contribution in [3.63, 3.8) is 0 Å². The maximum atomic E-state index is 13.8. The van der Waals surface area contributed by atoms with Crippen molar-refractivity contribution >= 4 is 187 Å². The maximum absolute atomic E-state index is 13.8. The number of carboxylic acid groups (broad SMARTS) is 6. The molecular weight excluding hydrogens is 1930 g/mol. The summed E-state index contributed by atoms with van der Waals surface area (Å²) in [6.45, 7) is 14.8. The van der Waals surface area contributed by atoms with E-state index in [2.05, 4.69) is 47.9 Å². The number of aliphatic carboxylic acids is 6. The zero-order chi connectivity index (χ0) is 105. The van der Waals surface area contributed by atoms with Crippen molar-refractivity contribution in [2.45, 2.75) is 149 Å². The van der Waals surface area contributed by atoms with Crippen molar-refractivity contribution in [2.24, 2.45) is 23.7 Å². The van der Waals surface area contributed by atoms with Gasteiger partial charge in [0.25, 0.3) is 0 Å². The van der Waals surface area contributed by atoms with Gasteiger partial charge in [0.1, 0.15) is 0 Å². The minimum atomic E-state index is -1.05. The number of rotatable bonds is 57. The van der Waals surface area contributed by atoms with Gasteiger partial charge in [-0.3, -0.25) is 111 Å². The van der Waals surface area contributed by atoms with Crippen molar-refractivity contribution in [1.29, 1.82) is 5.41 Å². The first kappa shape index (κ1) is 122. The van der Waals surface area contributed by atoms with Crippen molar-refractivity contribution in [1.82, 2.24) is 76.0 Å². The highest BCUT2D eigenvalue weighted by Gasteiger charge is 2.40.